The van der Waals surface area contributed by atoms with Crippen molar-refractivity contribution in [1.82, 2.24) is 5.43 Å². The molecular formula is C14H20N2O3. The smallest absolute Gasteiger partial charge is 0.352 e. The van der Waals surface area contributed by atoms with Crippen molar-refractivity contribution in [3.8, 4) is 0 Å². The maximum atomic E-state index is 11.5. The van der Waals surface area contributed by atoms with Gasteiger partial charge in [-0.05, 0) is 56.3 Å². The van der Waals surface area contributed by atoms with Gasteiger partial charge >= 0.3 is 5.97 Å². The maximum Gasteiger partial charge on any atom is 0.352 e. The highest BCUT2D eigenvalue weighted by atomic mass is 16.4. The molecule has 0 radical (unpaired) electrons. The molecule has 0 aromatic carbocycles. The molecule has 0 saturated heterocycles. The molecule has 0 heterocycles. The Labute approximate surface area is 112 Å². The Morgan fingerprint density at radius 1 is 1.11 bits per heavy atom. The van der Waals surface area contributed by atoms with Gasteiger partial charge < -0.3 is 5.11 Å². The van der Waals surface area contributed by atoms with Crippen molar-refractivity contribution >= 4 is 17.6 Å². The number of rotatable bonds is 3. The fourth-order valence-electron chi connectivity index (χ4n) is 4.93. The van der Waals surface area contributed by atoms with Gasteiger partial charge in [0.1, 0.15) is 0 Å². The summed E-state index contributed by atoms with van der Waals surface area (Å²) in [6.07, 6.45) is 6.57. The zero-order chi connectivity index (χ0) is 13.6. The van der Waals surface area contributed by atoms with E-state index in [1.165, 1.54) is 26.2 Å². The summed E-state index contributed by atoms with van der Waals surface area (Å²) in [6, 6.07) is 0. The number of carboxylic acid groups (broad SMARTS) is 1. The molecule has 19 heavy (non-hydrogen) atoms. The van der Waals surface area contributed by atoms with E-state index in [4.69, 9.17) is 0 Å². The normalized spacial score (nSPS) is 40.3. The summed E-state index contributed by atoms with van der Waals surface area (Å²) in [5.41, 5.74) is 2.21. The Hall–Kier alpha value is -1.39. The molecule has 0 spiro atoms. The van der Waals surface area contributed by atoms with Gasteiger partial charge in [0, 0.05) is 12.3 Å². The fraction of sp³-hybridized carbons (Fsp3) is 0.786. The Morgan fingerprint density at radius 2 is 1.58 bits per heavy atom. The molecule has 0 aromatic heterocycles. The highest BCUT2D eigenvalue weighted by molar-refractivity contribution is 6.37. The molecule has 0 unspecified atom stereocenters. The van der Waals surface area contributed by atoms with E-state index < -0.39 is 5.97 Å². The molecule has 1 amide bonds. The second-order valence-corrected chi connectivity index (χ2v) is 6.63. The van der Waals surface area contributed by atoms with E-state index in [1.54, 1.807) is 0 Å². The highest BCUT2D eigenvalue weighted by Crippen LogP contribution is 2.60. The number of nitrogens with one attached hydrogen (secondary N) is 1. The monoisotopic (exact) mass is 264 g/mol. The Morgan fingerprint density at radius 3 is 1.95 bits per heavy atom. The standard InChI is InChI=1S/C14H20N2O3/c1-8(17)15-16-12(13(18)19)14-5-9-2-10(6-14)4-11(3-9)7-14/h9-11H,2-7H2,1H3,(H,15,17)(H,18,19)/b16-12+. The average molecular weight is 264 g/mol. The summed E-state index contributed by atoms with van der Waals surface area (Å²) in [6.45, 7) is 1.35. The number of hydrogen-bond acceptors (Lipinski definition) is 3. The first kappa shape index (κ1) is 12.6. The quantitative estimate of drug-likeness (QED) is 0.602. The van der Waals surface area contributed by atoms with Gasteiger partial charge in [-0.3, -0.25) is 4.79 Å². The van der Waals surface area contributed by atoms with Gasteiger partial charge in [-0.15, -0.1) is 0 Å². The summed E-state index contributed by atoms with van der Waals surface area (Å²) < 4.78 is 0. The van der Waals surface area contributed by atoms with Crippen LogP contribution in [0.5, 0.6) is 0 Å². The third-order valence-electron chi connectivity index (χ3n) is 5.07. The molecular weight excluding hydrogens is 244 g/mol. The zero-order valence-corrected chi connectivity index (χ0v) is 11.2. The van der Waals surface area contributed by atoms with E-state index in [-0.39, 0.29) is 17.0 Å². The first-order chi connectivity index (χ1) is 8.98. The minimum Gasteiger partial charge on any atom is -0.477 e. The fourth-order valence-corrected chi connectivity index (χ4v) is 4.93. The lowest BCUT2D eigenvalue weighted by Crippen LogP contribution is -2.52. The SMILES string of the molecule is CC(=O)N/N=C(\C(=O)O)C12CC3CC(CC(C3)C1)C2. The first-order valence-electron chi connectivity index (χ1n) is 7.06. The van der Waals surface area contributed by atoms with E-state index in [1.807, 2.05) is 0 Å². The molecule has 4 fully saturated rings. The zero-order valence-electron chi connectivity index (χ0n) is 11.2. The Balaban J connectivity index is 1.91. The number of aliphatic carboxylic acids is 1. The van der Waals surface area contributed by atoms with E-state index in [9.17, 15) is 14.7 Å². The number of amides is 1. The largest absolute Gasteiger partial charge is 0.477 e. The predicted octanol–water partition coefficient (Wildman–Crippen LogP) is 1.78. The van der Waals surface area contributed by atoms with Crippen molar-refractivity contribution in [2.24, 2.45) is 28.3 Å². The first-order valence-corrected chi connectivity index (χ1v) is 7.06. The van der Waals surface area contributed by atoms with Crippen molar-refractivity contribution < 1.29 is 14.7 Å². The van der Waals surface area contributed by atoms with Crippen molar-refractivity contribution in [2.45, 2.75) is 45.4 Å². The van der Waals surface area contributed by atoms with Gasteiger partial charge in [0.25, 0.3) is 0 Å². The molecule has 4 aliphatic rings. The summed E-state index contributed by atoms with van der Waals surface area (Å²) in [7, 11) is 0. The number of carbonyl (C=O) groups is 2. The number of carbonyl (C=O) groups excluding carboxylic acids is 1. The molecule has 4 saturated carbocycles. The van der Waals surface area contributed by atoms with Crippen LogP contribution in [0.1, 0.15) is 45.4 Å². The minimum absolute atomic E-state index is 0.182. The van der Waals surface area contributed by atoms with Gasteiger partial charge in [-0.2, -0.15) is 5.10 Å². The van der Waals surface area contributed by atoms with E-state index >= 15 is 0 Å². The molecule has 5 heteroatoms. The van der Waals surface area contributed by atoms with Gasteiger partial charge in [-0.25, -0.2) is 10.2 Å². The molecule has 2 N–H and O–H groups in total. The summed E-state index contributed by atoms with van der Waals surface area (Å²) in [5, 5.41) is 13.4. The number of hydrogen-bond donors (Lipinski definition) is 2. The van der Waals surface area contributed by atoms with Crippen LogP contribution in [0, 0.1) is 23.2 Å². The average Bonchev–Trinajstić information content (AvgIpc) is 2.25. The van der Waals surface area contributed by atoms with Gasteiger partial charge in [0.2, 0.25) is 5.91 Å². The maximum absolute atomic E-state index is 11.5. The van der Waals surface area contributed by atoms with Gasteiger partial charge in [-0.1, -0.05) is 0 Å². The Kier molecular flexibility index (Phi) is 2.87. The number of hydrazone groups is 1. The van der Waals surface area contributed by atoms with Crippen molar-refractivity contribution in [2.75, 3.05) is 0 Å². The number of nitrogens with zero attached hydrogens (tertiary/aromatic N) is 1. The summed E-state index contributed by atoms with van der Waals surface area (Å²) >= 11 is 0. The van der Waals surface area contributed by atoms with Crippen molar-refractivity contribution in [1.29, 1.82) is 0 Å². The third kappa shape index (κ3) is 2.15. The topological polar surface area (TPSA) is 78.8 Å². The molecule has 4 bridgehead atoms. The van der Waals surface area contributed by atoms with Crippen LogP contribution in [0.25, 0.3) is 0 Å². The molecule has 0 aromatic rings. The van der Waals surface area contributed by atoms with Crippen LogP contribution >= 0.6 is 0 Å². The van der Waals surface area contributed by atoms with Gasteiger partial charge in [0.15, 0.2) is 5.71 Å². The van der Waals surface area contributed by atoms with Gasteiger partial charge in [0.05, 0.1) is 0 Å². The Bertz CT molecular complexity index is 420. The molecule has 4 aliphatic carbocycles. The van der Waals surface area contributed by atoms with E-state index in [0.717, 1.165) is 19.3 Å². The predicted molar refractivity (Wildman–Crippen MR) is 69.5 cm³/mol. The van der Waals surface area contributed by atoms with Crippen LogP contribution in [-0.2, 0) is 9.59 Å². The second-order valence-electron chi connectivity index (χ2n) is 6.63. The van der Waals surface area contributed by atoms with Crippen LogP contribution in [0.2, 0.25) is 0 Å². The van der Waals surface area contributed by atoms with Crippen LogP contribution < -0.4 is 5.43 Å². The number of carboxylic acids is 1. The summed E-state index contributed by atoms with van der Waals surface area (Å²) in [5.74, 6) is 0.688. The molecule has 0 aliphatic heterocycles. The van der Waals surface area contributed by atoms with Crippen molar-refractivity contribution in [3.05, 3.63) is 0 Å². The van der Waals surface area contributed by atoms with Crippen LogP contribution in [0.4, 0.5) is 0 Å². The van der Waals surface area contributed by atoms with E-state index in [2.05, 4.69) is 10.5 Å². The van der Waals surface area contributed by atoms with Crippen molar-refractivity contribution in [3.63, 3.8) is 0 Å². The molecule has 4 rings (SSSR count). The lowest BCUT2D eigenvalue weighted by molar-refractivity contribution is -0.131. The second kappa shape index (κ2) is 4.32. The third-order valence-corrected chi connectivity index (χ3v) is 5.07. The molecule has 0 atom stereocenters. The lowest BCUT2D eigenvalue weighted by atomic mass is 9.48. The van der Waals surface area contributed by atoms with E-state index in [0.29, 0.717) is 17.8 Å². The lowest BCUT2D eigenvalue weighted by Gasteiger charge is -2.56. The molecule has 5 nitrogen and oxygen atoms in total. The van der Waals surface area contributed by atoms with Crippen LogP contribution in [0.3, 0.4) is 0 Å². The van der Waals surface area contributed by atoms with Crippen LogP contribution in [-0.4, -0.2) is 22.7 Å². The van der Waals surface area contributed by atoms with Crippen LogP contribution in [0.15, 0.2) is 5.10 Å². The minimum atomic E-state index is -0.976. The highest BCUT2D eigenvalue weighted by Gasteiger charge is 2.55. The molecule has 104 valence electrons. The summed E-state index contributed by atoms with van der Waals surface area (Å²) in [4.78, 5) is 22.5.